The maximum atomic E-state index is 12.6. The van der Waals surface area contributed by atoms with E-state index in [1.54, 1.807) is 14.0 Å². The molecule has 0 heterocycles. The van der Waals surface area contributed by atoms with Gasteiger partial charge in [-0.25, -0.2) is 0 Å². The van der Waals surface area contributed by atoms with Gasteiger partial charge < -0.3 is 10.6 Å². The summed E-state index contributed by atoms with van der Waals surface area (Å²) in [6, 6.07) is 4.31. The molecule has 0 bridgehead atoms. The highest BCUT2D eigenvalue weighted by Crippen LogP contribution is 2.34. The average molecular weight is 246 g/mol. The third-order valence-corrected chi connectivity index (χ3v) is 2.32. The molecule has 0 aliphatic rings. The van der Waals surface area contributed by atoms with Gasteiger partial charge in [0.05, 0.1) is 17.3 Å². The van der Waals surface area contributed by atoms with Crippen LogP contribution in [0.4, 0.5) is 18.9 Å². The van der Waals surface area contributed by atoms with Crippen molar-refractivity contribution in [2.75, 3.05) is 12.4 Å². The van der Waals surface area contributed by atoms with Crippen molar-refractivity contribution in [2.45, 2.75) is 19.1 Å². The molecule has 17 heavy (non-hydrogen) atoms. The number of benzene rings is 1. The van der Waals surface area contributed by atoms with E-state index in [-0.39, 0.29) is 5.69 Å². The number of likely N-dealkylation sites (N-methyl/N-ethyl adjacent to an activating group) is 1. The lowest BCUT2D eigenvalue weighted by molar-refractivity contribution is -0.137. The summed E-state index contributed by atoms with van der Waals surface area (Å²) in [7, 11) is 1.56. The number of alkyl halides is 3. The minimum atomic E-state index is -4.48. The standard InChI is InChI=1S/C11H13F3N2O/c1-7(15-2)10(17)16-9-6-4-3-5-8(9)11(12,13)14/h3-7,15H,1-2H3,(H,16,17). The maximum Gasteiger partial charge on any atom is 0.418 e. The number of hydrogen-bond donors (Lipinski definition) is 2. The molecule has 0 radical (unpaired) electrons. The predicted octanol–water partition coefficient (Wildman–Crippen LogP) is 2.25. The Balaban J connectivity index is 2.96. The van der Waals surface area contributed by atoms with Crippen LogP contribution in [0.5, 0.6) is 0 Å². The van der Waals surface area contributed by atoms with Crippen LogP contribution in [0.3, 0.4) is 0 Å². The molecule has 0 fully saturated rings. The molecular formula is C11H13F3N2O. The molecule has 0 aromatic heterocycles. The predicted molar refractivity (Wildman–Crippen MR) is 58.6 cm³/mol. The highest BCUT2D eigenvalue weighted by molar-refractivity contribution is 5.95. The van der Waals surface area contributed by atoms with Gasteiger partial charge in [-0.1, -0.05) is 12.1 Å². The number of rotatable bonds is 3. The monoisotopic (exact) mass is 246 g/mol. The second kappa shape index (κ2) is 5.18. The van der Waals surface area contributed by atoms with Gasteiger partial charge in [0.25, 0.3) is 0 Å². The van der Waals surface area contributed by atoms with Crippen LogP contribution in [0.2, 0.25) is 0 Å². The Morgan fingerprint density at radius 3 is 2.41 bits per heavy atom. The first-order valence-electron chi connectivity index (χ1n) is 5.00. The van der Waals surface area contributed by atoms with E-state index >= 15 is 0 Å². The van der Waals surface area contributed by atoms with Crippen molar-refractivity contribution in [2.24, 2.45) is 0 Å². The van der Waals surface area contributed by atoms with Crippen LogP contribution in [-0.2, 0) is 11.0 Å². The molecule has 0 aliphatic heterocycles. The van der Waals surface area contributed by atoms with E-state index in [4.69, 9.17) is 0 Å². The second-order valence-electron chi connectivity index (χ2n) is 3.54. The first-order chi connectivity index (χ1) is 7.86. The van der Waals surface area contributed by atoms with Crippen molar-refractivity contribution in [3.8, 4) is 0 Å². The topological polar surface area (TPSA) is 41.1 Å². The van der Waals surface area contributed by atoms with Gasteiger partial charge in [-0.05, 0) is 26.1 Å². The first kappa shape index (κ1) is 13.5. The smallest absolute Gasteiger partial charge is 0.324 e. The molecule has 1 amide bonds. The molecule has 1 aromatic rings. The summed E-state index contributed by atoms with van der Waals surface area (Å²) in [6.45, 7) is 1.56. The molecule has 1 unspecified atom stereocenters. The summed E-state index contributed by atoms with van der Waals surface area (Å²) < 4.78 is 37.8. The number of nitrogens with one attached hydrogen (secondary N) is 2. The van der Waals surface area contributed by atoms with Gasteiger partial charge in [-0.2, -0.15) is 13.2 Å². The normalized spacial score (nSPS) is 13.2. The largest absolute Gasteiger partial charge is 0.418 e. The van der Waals surface area contributed by atoms with E-state index in [0.29, 0.717) is 0 Å². The van der Waals surface area contributed by atoms with Gasteiger partial charge in [-0.3, -0.25) is 4.79 Å². The van der Waals surface area contributed by atoms with Crippen LogP contribution in [0.1, 0.15) is 12.5 Å². The highest BCUT2D eigenvalue weighted by Gasteiger charge is 2.33. The summed E-state index contributed by atoms with van der Waals surface area (Å²) in [4.78, 5) is 11.5. The van der Waals surface area contributed by atoms with Crippen molar-refractivity contribution in [3.63, 3.8) is 0 Å². The fourth-order valence-corrected chi connectivity index (χ4v) is 1.21. The van der Waals surface area contributed by atoms with Crippen LogP contribution < -0.4 is 10.6 Å². The Morgan fingerprint density at radius 2 is 1.88 bits per heavy atom. The summed E-state index contributed by atoms with van der Waals surface area (Å²) in [5, 5.41) is 4.90. The number of halogens is 3. The van der Waals surface area contributed by atoms with Gasteiger partial charge in [0.15, 0.2) is 0 Å². The highest BCUT2D eigenvalue weighted by atomic mass is 19.4. The van der Waals surface area contributed by atoms with E-state index in [1.165, 1.54) is 18.2 Å². The number of carbonyl (C=O) groups is 1. The summed E-state index contributed by atoms with van der Waals surface area (Å²) in [5.41, 5.74) is -1.08. The van der Waals surface area contributed by atoms with Gasteiger partial charge >= 0.3 is 6.18 Å². The fourth-order valence-electron chi connectivity index (χ4n) is 1.21. The van der Waals surface area contributed by atoms with Gasteiger partial charge in [-0.15, -0.1) is 0 Å². The molecule has 1 aromatic carbocycles. The van der Waals surface area contributed by atoms with Crippen LogP contribution in [0.15, 0.2) is 24.3 Å². The van der Waals surface area contributed by atoms with E-state index in [9.17, 15) is 18.0 Å². The van der Waals surface area contributed by atoms with Crippen molar-refractivity contribution in [3.05, 3.63) is 29.8 Å². The van der Waals surface area contributed by atoms with Gasteiger partial charge in [0, 0.05) is 0 Å². The Labute approximate surface area is 97.0 Å². The maximum absolute atomic E-state index is 12.6. The SMILES string of the molecule is CNC(C)C(=O)Nc1ccccc1C(F)(F)F. The first-order valence-corrected chi connectivity index (χ1v) is 5.00. The van der Waals surface area contributed by atoms with Crippen LogP contribution in [0.25, 0.3) is 0 Å². The number of amides is 1. The third kappa shape index (κ3) is 3.45. The zero-order chi connectivity index (χ0) is 13.1. The van der Waals surface area contributed by atoms with Crippen molar-refractivity contribution in [1.82, 2.24) is 5.32 Å². The lowest BCUT2D eigenvalue weighted by Gasteiger charge is -2.15. The van der Waals surface area contributed by atoms with Crippen LogP contribution >= 0.6 is 0 Å². The second-order valence-corrected chi connectivity index (χ2v) is 3.54. The van der Waals surface area contributed by atoms with Crippen LogP contribution in [0, 0.1) is 0 Å². The summed E-state index contributed by atoms with van der Waals surface area (Å²) >= 11 is 0. The van der Waals surface area contributed by atoms with Crippen molar-refractivity contribution >= 4 is 11.6 Å². The van der Waals surface area contributed by atoms with Crippen molar-refractivity contribution < 1.29 is 18.0 Å². The quantitative estimate of drug-likeness (QED) is 0.858. The molecular weight excluding hydrogens is 233 g/mol. The Kier molecular flexibility index (Phi) is 4.11. The van der Waals surface area contributed by atoms with Gasteiger partial charge in [0.2, 0.25) is 5.91 Å². The van der Waals surface area contributed by atoms with E-state index in [0.717, 1.165) is 6.07 Å². The van der Waals surface area contributed by atoms with Crippen molar-refractivity contribution in [1.29, 1.82) is 0 Å². The molecule has 3 nitrogen and oxygen atoms in total. The number of hydrogen-bond acceptors (Lipinski definition) is 2. The van der Waals surface area contributed by atoms with Crippen LogP contribution in [-0.4, -0.2) is 19.0 Å². The lowest BCUT2D eigenvalue weighted by Crippen LogP contribution is -2.36. The lowest BCUT2D eigenvalue weighted by atomic mass is 10.1. The Hall–Kier alpha value is -1.56. The average Bonchev–Trinajstić information content (AvgIpc) is 2.27. The van der Waals surface area contributed by atoms with E-state index < -0.39 is 23.7 Å². The molecule has 1 atom stereocenters. The zero-order valence-corrected chi connectivity index (χ0v) is 9.43. The van der Waals surface area contributed by atoms with E-state index in [1.807, 2.05) is 0 Å². The molecule has 0 spiro atoms. The molecule has 94 valence electrons. The third-order valence-electron chi connectivity index (χ3n) is 2.32. The minimum Gasteiger partial charge on any atom is -0.324 e. The number of anilines is 1. The molecule has 6 heteroatoms. The zero-order valence-electron chi connectivity index (χ0n) is 9.43. The Morgan fingerprint density at radius 1 is 1.29 bits per heavy atom. The number of carbonyl (C=O) groups excluding carboxylic acids is 1. The molecule has 0 saturated carbocycles. The minimum absolute atomic E-state index is 0.230. The summed E-state index contributed by atoms with van der Waals surface area (Å²) in [5.74, 6) is -0.510. The van der Waals surface area contributed by atoms with Gasteiger partial charge in [0.1, 0.15) is 0 Å². The molecule has 1 rings (SSSR count). The molecule has 0 aliphatic carbocycles. The summed E-state index contributed by atoms with van der Waals surface area (Å²) in [6.07, 6.45) is -4.48. The molecule has 2 N–H and O–H groups in total. The Bertz CT molecular complexity index is 404. The fraction of sp³-hybridized carbons (Fsp3) is 0.364. The number of para-hydroxylation sites is 1. The van der Waals surface area contributed by atoms with E-state index in [2.05, 4.69) is 10.6 Å². The molecule has 0 saturated heterocycles.